The maximum absolute atomic E-state index is 11.9. The van der Waals surface area contributed by atoms with Gasteiger partial charge in [0.25, 0.3) is 0 Å². The molecule has 1 aromatic carbocycles. The summed E-state index contributed by atoms with van der Waals surface area (Å²) in [6.45, 7) is 1.55. The van der Waals surface area contributed by atoms with Crippen LogP contribution in [0.1, 0.15) is 28.9 Å². The van der Waals surface area contributed by atoms with Crippen molar-refractivity contribution in [1.82, 2.24) is 0 Å². The number of ether oxygens (including phenoxy) is 4. The second-order valence-corrected chi connectivity index (χ2v) is 4.18. The van der Waals surface area contributed by atoms with Crippen molar-refractivity contribution >= 4 is 5.97 Å². The average Bonchev–Trinajstić information content (AvgIpc) is 2.73. The van der Waals surface area contributed by atoms with Gasteiger partial charge in [-0.05, 0) is 13.0 Å². The molecule has 0 spiro atoms. The van der Waals surface area contributed by atoms with Crippen LogP contribution in [0.15, 0.2) is 6.07 Å². The van der Waals surface area contributed by atoms with E-state index < -0.39 is 18.2 Å². The number of aliphatic hydroxyl groups is 1. The predicted molar refractivity (Wildman–Crippen MR) is 65.9 cm³/mol. The number of fused-ring (bicyclic) bond motifs is 1. The van der Waals surface area contributed by atoms with Gasteiger partial charge in [0.15, 0.2) is 17.6 Å². The lowest BCUT2D eigenvalue weighted by Gasteiger charge is -2.16. The standard InChI is InChI=1S/C13H16O6/c1-6(14)10-7-5-8(16-2)11(17-3)12(18-4)9(7)13(15)19-10/h5-6,10,14H,1-4H3. The summed E-state index contributed by atoms with van der Waals surface area (Å²) in [5.74, 6) is 0.456. The van der Waals surface area contributed by atoms with E-state index in [1.165, 1.54) is 21.3 Å². The lowest BCUT2D eigenvalue weighted by atomic mass is 10.00. The van der Waals surface area contributed by atoms with E-state index in [2.05, 4.69) is 0 Å². The van der Waals surface area contributed by atoms with Crippen LogP contribution in [0.4, 0.5) is 0 Å². The summed E-state index contributed by atoms with van der Waals surface area (Å²) >= 11 is 0. The zero-order valence-corrected chi connectivity index (χ0v) is 11.2. The Hall–Kier alpha value is -1.95. The van der Waals surface area contributed by atoms with Crippen LogP contribution in [-0.4, -0.2) is 38.5 Å². The second-order valence-electron chi connectivity index (χ2n) is 4.18. The number of cyclic esters (lactones) is 1. The van der Waals surface area contributed by atoms with Crippen LogP contribution >= 0.6 is 0 Å². The summed E-state index contributed by atoms with van der Waals surface area (Å²) in [5, 5.41) is 9.68. The van der Waals surface area contributed by atoms with Crippen molar-refractivity contribution in [3.63, 3.8) is 0 Å². The average molecular weight is 268 g/mol. The molecule has 0 saturated carbocycles. The Morgan fingerprint density at radius 1 is 1.21 bits per heavy atom. The van der Waals surface area contributed by atoms with Gasteiger partial charge in [0.05, 0.1) is 27.4 Å². The molecule has 104 valence electrons. The number of hydrogen-bond donors (Lipinski definition) is 1. The normalized spacial score (nSPS) is 18.6. The molecule has 0 radical (unpaired) electrons. The fraction of sp³-hybridized carbons (Fsp3) is 0.462. The summed E-state index contributed by atoms with van der Waals surface area (Å²) in [7, 11) is 4.37. The molecule has 6 heteroatoms. The van der Waals surface area contributed by atoms with Gasteiger partial charge in [-0.3, -0.25) is 0 Å². The van der Waals surface area contributed by atoms with E-state index in [1.54, 1.807) is 13.0 Å². The molecule has 6 nitrogen and oxygen atoms in total. The highest BCUT2D eigenvalue weighted by molar-refractivity contribution is 5.98. The zero-order valence-electron chi connectivity index (χ0n) is 11.2. The zero-order chi connectivity index (χ0) is 14.2. The topological polar surface area (TPSA) is 74.2 Å². The molecule has 0 aliphatic carbocycles. The van der Waals surface area contributed by atoms with E-state index in [1.807, 2.05) is 0 Å². The quantitative estimate of drug-likeness (QED) is 0.830. The Labute approximate surface area is 110 Å². The van der Waals surface area contributed by atoms with Gasteiger partial charge in [0.2, 0.25) is 5.75 Å². The number of methoxy groups -OCH3 is 3. The van der Waals surface area contributed by atoms with Crippen LogP contribution in [0.5, 0.6) is 17.2 Å². The highest BCUT2D eigenvalue weighted by Gasteiger charge is 2.39. The molecule has 0 bridgehead atoms. The maximum atomic E-state index is 11.9. The number of esters is 1. The Kier molecular flexibility index (Phi) is 3.53. The van der Waals surface area contributed by atoms with E-state index in [0.717, 1.165) is 0 Å². The van der Waals surface area contributed by atoms with E-state index in [-0.39, 0.29) is 11.3 Å². The van der Waals surface area contributed by atoms with Gasteiger partial charge in [0, 0.05) is 5.56 Å². The third-order valence-electron chi connectivity index (χ3n) is 3.04. The summed E-state index contributed by atoms with van der Waals surface area (Å²) in [5.41, 5.74) is 0.806. The molecule has 1 aliphatic heterocycles. The van der Waals surface area contributed by atoms with Crippen molar-refractivity contribution < 1.29 is 28.8 Å². The first-order valence-corrected chi connectivity index (χ1v) is 5.77. The molecule has 0 saturated heterocycles. The Morgan fingerprint density at radius 3 is 2.32 bits per heavy atom. The molecule has 2 unspecified atom stereocenters. The summed E-state index contributed by atoms with van der Waals surface area (Å²) < 4.78 is 20.8. The Bertz CT molecular complexity index is 508. The number of benzene rings is 1. The smallest absolute Gasteiger partial charge is 0.343 e. The number of hydrogen-bond acceptors (Lipinski definition) is 6. The van der Waals surface area contributed by atoms with Gasteiger partial charge in [0.1, 0.15) is 5.56 Å². The molecule has 19 heavy (non-hydrogen) atoms. The predicted octanol–water partition coefficient (Wildman–Crippen LogP) is 1.30. The molecule has 1 aliphatic rings. The SMILES string of the molecule is COc1cc2c(c(OC)c1OC)C(=O)OC2C(C)O. The second kappa shape index (κ2) is 4.97. The van der Waals surface area contributed by atoms with Crippen LogP contribution < -0.4 is 14.2 Å². The van der Waals surface area contributed by atoms with Crippen LogP contribution in [0.25, 0.3) is 0 Å². The van der Waals surface area contributed by atoms with Crippen molar-refractivity contribution in [1.29, 1.82) is 0 Å². The minimum absolute atomic E-state index is 0.255. The number of rotatable bonds is 4. The first-order valence-electron chi connectivity index (χ1n) is 5.77. The van der Waals surface area contributed by atoms with Crippen LogP contribution in [-0.2, 0) is 4.74 Å². The fourth-order valence-electron chi connectivity index (χ4n) is 2.21. The molecule has 0 amide bonds. The Balaban J connectivity index is 2.70. The lowest BCUT2D eigenvalue weighted by molar-refractivity contribution is -0.00282. The molecular weight excluding hydrogens is 252 g/mol. The third kappa shape index (κ3) is 1.98. The van der Waals surface area contributed by atoms with Crippen molar-refractivity contribution in [3.05, 3.63) is 17.2 Å². The minimum Gasteiger partial charge on any atom is -0.493 e. The van der Waals surface area contributed by atoms with Gasteiger partial charge < -0.3 is 24.1 Å². The molecular formula is C13H16O6. The van der Waals surface area contributed by atoms with Gasteiger partial charge >= 0.3 is 5.97 Å². The third-order valence-corrected chi connectivity index (χ3v) is 3.04. The molecule has 0 aromatic heterocycles. The largest absolute Gasteiger partial charge is 0.493 e. The molecule has 1 N–H and O–H groups in total. The van der Waals surface area contributed by atoms with Crippen molar-refractivity contribution in [3.8, 4) is 17.2 Å². The van der Waals surface area contributed by atoms with Crippen molar-refractivity contribution in [2.45, 2.75) is 19.1 Å². The van der Waals surface area contributed by atoms with Crippen LogP contribution in [0, 0.1) is 0 Å². The lowest BCUT2D eigenvalue weighted by Crippen LogP contribution is -2.14. The van der Waals surface area contributed by atoms with Gasteiger partial charge in [-0.15, -0.1) is 0 Å². The van der Waals surface area contributed by atoms with Crippen LogP contribution in [0.3, 0.4) is 0 Å². The molecule has 2 atom stereocenters. The number of carbonyl (C=O) groups excluding carboxylic acids is 1. The highest BCUT2D eigenvalue weighted by Crippen LogP contribution is 2.48. The van der Waals surface area contributed by atoms with Gasteiger partial charge in [-0.25, -0.2) is 4.79 Å². The number of aliphatic hydroxyl groups excluding tert-OH is 1. The summed E-state index contributed by atoms with van der Waals surface area (Å²) in [4.78, 5) is 11.9. The summed E-state index contributed by atoms with van der Waals surface area (Å²) in [6.07, 6.45) is -1.55. The van der Waals surface area contributed by atoms with E-state index in [4.69, 9.17) is 18.9 Å². The van der Waals surface area contributed by atoms with Crippen molar-refractivity contribution in [2.24, 2.45) is 0 Å². The molecule has 1 aromatic rings. The molecule has 2 rings (SSSR count). The van der Waals surface area contributed by atoms with Crippen molar-refractivity contribution in [2.75, 3.05) is 21.3 Å². The first kappa shape index (κ1) is 13.5. The first-order chi connectivity index (χ1) is 9.04. The van der Waals surface area contributed by atoms with Gasteiger partial charge in [-0.2, -0.15) is 0 Å². The minimum atomic E-state index is -0.826. The maximum Gasteiger partial charge on any atom is 0.343 e. The van der Waals surface area contributed by atoms with Gasteiger partial charge in [-0.1, -0.05) is 0 Å². The molecule has 0 fully saturated rings. The highest BCUT2D eigenvalue weighted by atomic mass is 16.6. The van der Waals surface area contributed by atoms with Crippen LogP contribution in [0.2, 0.25) is 0 Å². The van der Waals surface area contributed by atoms with E-state index in [0.29, 0.717) is 17.1 Å². The van der Waals surface area contributed by atoms with E-state index >= 15 is 0 Å². The number of carbonyl (C=O) groups is 1. The summed E-state index contributed by atoms with van der Waals surface area (Å²) in [6, 6.07) is 1.62. The monoisotopic (exact) mass is 268 g/mol. The Morgan fingerprint density at radius 2 is 1.84 bits per heavy atom. The fourth-order valence-corrected chi connectivity index (χ4v) is 2.21. The molecule has 1 heterocycles. The van der Waals surface area contributed by atoms with E-state index in [9.17, 15) is 9.90 Å².